The summed E-state index contributed by atoms with van der Waals surface area (Å²) in [5.74, 6) is -1.02. The van der Waals surface area contributed by atoms with E-state index in [9.17, 15) is 28.5 Å². The molecule has 1 aromatic carbocycles. The summed E-state index contributed by atoms with van der Waals surface area (Å²) in [4.78, 5) is 14.3. The average molecular weight is 1350 g/mol. The van der Waals surface area contributed by atoms with Crippen LogP contribution >= 0.6 is 0 Å². The molecule has 12 bridgehead atoms. The van der Waals surface area contributed by atoms with Crippen molar-refractivity contribution >= 4 is 15.6 Å². The first-order valence-electron chi connectivity index (χ1n) is 36.6. The Kier molecular flexibility index (Phi) is 23.6. The van der Waals surface area contributed by atoms with E-state index in [4.69, 9.17) is 62.9 Å². The Balaban J connectivity index is 0.000000186. The number of nitrogens with two attached hydrogens (primary N) is 1. The van der Waals surface area contributed by atoms with Crippen LogP contribution in [0.15, 0.2) is 83.8 Å². The lowest BCUT2D eigenvalue weighted by molar-refractivity contribution is -0.292. The van der Waals surface area contributed by atoms with Gasteiger partial charge < -0.3 is 78.3 Å². The molecule has 0 amide bonds. The summed E-state index contributed by atoms with van der Waals surface area (Å²) in [6.45, 7) is 26.3. The smallest absolute Gasteiger partial charge is 0.178 e. The highest BCUT2D eigenvalue weighted by Crippen LogP contribution is 2.55. The zero-order valence-corrected chi connectivity index (χ0v) is 57.8. The standard InChI is InChI=1S/C40H59NO11.C35H54O7S/c1-19-10-24-4-6-29-20(2)11-26(45-29)8-9-40-16-34-36(51-40)37-38(50-34)39(52-40)35-30(49-37)7-5-25(47-35)12-22(43)13-27-28(18-42)32(14-23(44)17-41)48-33(27)15-31(46-24)21(19)3;1-6-23(2)17-34-30(21-37)31(22-43(38,39)29-12-8-7-9-13-29)35(42-34)20-33-26(5)24(3)18-28(41-33)14-15-32-25(4)19-27(40-32)11-10-16-36/h19,23-39,42,44H,2-18,41H2,1H3;7-9,12-13,23-24,27-28,30-37H,4-6,10-11,14-22H2,1-3H3/t19-,23+,24?,25?,26?,27-,28-,29+,30+,31-,32-,33?,34-,35+,36?,37+,38-,39?,40+;23-,24-,27?,28?,30-,31-,32+,33-,34-,35?/m11/s1. The van der Waals surface area contributed by atoms with Crippen molar-refractivity contribution in [1.82, 2.24) is 0 Å². The van der Waals surface area contributed by atoms with Gasteiger partial charge in [0, 0.05) is 89.1 Å². The van der Waals surface area contributed by atoms with E-state index >= 15 is 0 Å². The first-order chi connectivity index (χ1) is 45.7. The number of hydrogen-bond acceptors (Lipinski definition) is 19. The molecule has 0 radical (unpaired) electrons. The molecule has 13 aliphatic rings. The molecule has 0 aliphatic carbocycles. The van der Waals surface area contributed by atoms with Gasteiger partial charge in [-0.3, -0.25) is 4.79 Å². The van der Waals surface area contributed by atoms with E-state index in [0.717, 1.165) is 112 Å². The SMILES string of the molecule is C=C1CC(CCCO)O[C@H]1CCC1C[C@@H](C)C(=C)[C@@H](CC2O[C@H](C[C@H](C)CC)[C@H](CO)[C@H]2CS(=O)(=O)c2ccccc2)O1.C=C1CC2CC[C@@]34C[C@H]5O[C@H]6C(O3)[C@H]3OC(CC[C@@H]3O[C@H]6C5O4)CC(=O)C[C@H]3C(C[C@H]4OC(CC[C@@H]1O2)C[C@@H](C)C4=C)O[C@H](C[C@H](O)CN)[C@@H]3CO. The highest BCUT2D eigenvalue weighted by molar-refractivity contribution is 7.91. The van der Waals surface area contributed by atoms with Gasteiger partial charge in [0.05, 0.1) is 108 Å². The molecule has 13 aliphatic heterocycles. The minimum Gasteiger partial charge on any atom is -0.396 e. The molecule has 95 heavy (non-hydrogen) atoms. The van der Waals surface area contributed by atoms with Crippen LogP contribution in [-0.4, -0.2) is 201 Å². The zero-order valence-electron chi connectivity index (χ0n) is 57.0. The van der Waals surface area contributed by atoms with Crippen molar-refractivity contribution in [3.8, 4) is 0 Å². The summed E-state index contributed by atoms with van der Waals surface area (Å²) in [5, 5.41) is 40.9. The van der Waals surface area contributed by atoms with Gasteiger partial charge >= 0.3 is 0 Å². The van der Waals surface area contributed by atoms with Gasteiger partial charge in [0.2, 0.25) is 0 Å². The predicted molar refractivity (Wildman–Crippen MR) is 356 cm³/mol. The molecule has 13 fully saturated rings. The monoisotopic (exact) mass is 1350 g/mol. The van der Waals surface area contributed by atoms with Crippen molar-refractivity contribution in [3.05, 3.63) is 78.9 Å². The van der Waals surface area contributed by atoms with Crippen LogP contribution in [0.4, 0.5) is 0 Å². The largest absolute Gasteiger partial charge is 0.396 e. The molecule has 532 valence electrons. The Labute approximate surface area is 564 Å². The van der Waals surface area contributed by atoms with Gasteiger partial charge in [0.1, 0.15) is 36.3 Å². The Morgan fingerprint density at radius 2 is 1.33 bits per heavy atom. The van der Waals surface area contributed by atoms with Crippen LogP contribution in [0, 0.1) is 41.4 Å². The van der Waals surface area contributed by atoms with E-state index in [-0.39, 0.29) is 202 Å². The number of ether oxygens (including phenoxy) is 11. The number of aliphatic hydroxyl groups is 4. The number of ketones is 1. The van der Waals surface area contributed by atoms with E-state index in [0.29, 0.717) is 49.3 Å². The topological polar surface area (TPSA) is 260 Å². The molecule has 1 aromatic rings. The third-order valence-corrected chi connectivity index (χ3v) is 26.1. The zero-order chi connectivity index (χ0) is 67.0. The molecule has 29 atom stereocenters. The molecule has 13 saturated heterocycles. The molecule has 1 spiro atoms. The van der Waals surface area contributed by atoms with Crippen LogP contribution in [0.25, 0.3) is 0 Å². The molecule has 9 unspecified atom stereocenters. The van der Waals surface area contributed by atoms with Crippen LogP contribution in [0.3, 0.4) is 0 Å². The van der Waals surface area contributed by atoms with Gasteiger partial charge in [-0.05, 0) is 148 Å². The summed E-state index contributed by atoms with van der Waals surface area (Å²) in [6, 6.07) is 8.58. The van der Waals surface area contributed by atoms with Crippen LogP contribution < -0.4 is 5.73 Å². The van der Waals surface area contributed by atoms with Crippen LogP contribution in [-0.2, 0) is 66.7 Å². The summed E-state index contributed by atoms with van der Waals surface area (Å²) in [5.41, 5.74) is 10.1. The van der Waals surface area contributed by atoms with Crippen molar-refractivity contribution in [2.24, 2.45) is 47.2 Å². The quantitative estimate of drug-likeness (QED) is 0.0810. The number of sulfone groups is 1. The molecule has 0 saturated carbocycles. The van der Waals surface area contributed by atoms with Crippen molar-refractivity contribution in [3.63, 3.8) is 0 Å². The molecular weight excluding hydrogens is 1230 g/mol. The number of Topliss-reactive ketones (excluding diaryl/α,β-unsaturated/α-hetero) is 1. The summed E-state index contributed by atoms with van der Waals surface area (Å²) in [6.07, 6.45) is 11.4. The van der Waals surface area contributed by atoms with Gasteiger partial charge in [-0.1, -0.05) is 78.6 Å². The Morgan fingerprint density at radius 1 is 0.621 bits per heavy atom. The fourth-order valence-electron chi connectivity index (χ4n) is 18.6. The van der Waals surface area contributed by atoms with Crippen LogP contribution in [0.1, 0.15) is 169 Å². The van der Waals surface area contributed by atoms with Crippen molar-refractivity contribution in [2.75, 3.05) is 32.1 Å². The molecule has 20 heteroatoms. The minimum atomic E-state index is -3.58. The van der Waals surface area contributed by atoms with Crippen molar-refractivity contribution < 1.29 is 85.7 Å². The van der Waals surface area contributed by atoms with Gasteiger partial charge in [0.25, 0.3) is 0 Å². The third-order valence-electron chi connectivity index (χ3n) is 24.3. The molecule has 13 heterocycles. The molecule has 19 nitrogen and oxygen atoms in total. The first kappa shape index (κ1) is 72.0. The van der Waals surface area contributed by atoms with Crippen LogP contribution in [0.5, 0.6) is 0 Å². The second-order valence-electron chi connectivity index (χ2n) is 30.9. The Morgan fingerprint density at radius 3 is 2.08 bits per heavy atom. The number of rotatable bonds is 19. The van der Waals surface area contributed by atoms with Gasteiger partial charge in [-0.2, -0.15) is 0 Å². The van der Waals surface area contributed by atoms with Gasteiger partial charge in [-0.25, -0.2) is 8.42 Å². The maximum atomic E-state index is 14.0. The predicted octanol–water partition coefficient (Wildman–Crippen LogP) is 8.93. The average Bonchev–Trinajstić information content (AvgIpc) is 1.55. The van der Waals surface area contributed by atoms with E-state index in [1.54, 1.807) is 24.3 Å². The molecular formula is C75H113NO18S. The lowest BCUT2D eigenvalue weighted by Crippen LogP contribution is -2.61. The maximum Gasteiger partial charge on any atom is 0.178 e. The number of aliphatic hydroxyl groups excluding tert-OH is 4. The van der Waals surface area contributed by atoms with Gasteiger partial charge in [0.15, 0.2) is 15.6 Å². The van der Waals surface area contributed by atoms with Crippen molar-refractivity contribution in [1.29, 1.82) is 0 Å². The maximum absolute atomic E-state index is 14.0. The van der Waals surface area contributed by atoms with Crippen LogP contribution in [0.2, 0.25) is 0 Å². The second kappa shape index (κ2) is 31.2. The van der Waals surface area contributed by atoms with E-state index in [1.807, 2.05) is 6.07 Å². The van der Waals surface area contributed by atoms with E-state index in [1.165, 1.54) is 0 Å². The van der Waals surface area contributed by atoms with Gasteiger partial charge in [-0.15, -0.1) is 0 Å². The number of hydrogen-bond donors (Lipinski definition) is 5. The van der Waals surface area contributed by atoms with E-state index in [2.05, 4.69) is 54.0 Å². The summed E-state index contributed by atoms with van der Waals surface area (Å²) < 4.78 is 100. The second-order valence-corrected chi connectivity index (χ2v) is 32.9. The number of benzene rings is 1. The lowest BCUT2D eigenvalue weighted by atomic mass is 9.78. The number of carbonyl (C=O) groups excluding carboxylic acids is 1. The molecule has 14 rings (SSSR count). The lowest BCUT2D eigenvalue weighted by Gasteiger charge is -2.47. The highest BCUT2D eigenvalue weighted by Gasteiger charge is 2.69. The number of carbonyl (C=O) groups is 1. The third kappa shape index (κ3) is 16.1. The highest BCUT2D eigenvalue weighted by atomic mass is 32.2. The first-order valence-corrected chi connectivity index (χ1v) is 38.3. The Hall–Kier alpha value is -2.84. The fourth-order valence-corrected chi connectivity index (χ4v) is 20.3. The Bertz CT molecular complexity index is 2920. The summed E-state index contributed by atoms with van der Waals surface area (Å²) >= 11 is 0. The number of fused-ring (bicyclic) bond motifs is 6. The minimum absolute atomic E-state index is 0.0172. The van der Waals surface area contributed by atoms with E-state index < -0.39 is 27.8 Å². The van der Waals surface area contributed by atoms with Crippen molar-refractivity contribution in [2.45, 2.75) is 308 Å². The molecule has 6 N–H and O–H groups in total. The summed E-state index contributed by atoms with van der Waals surface area (Å²) in [7, 11) is -3.58. The molecule has 0 aromatic heterocycles. The fraction of sp³-hybridized carbons (Fsp3) is 0.800. The normalized spacial score (nSPS) is 44.1.